The van der Waals surface area contributed by atoms with Crippen LogP contribution in [0, 0.1) is 0 Å². The van der Waals surface area contributed by atoms with Crippen LogP contribution in [0.1, 0.15) is 21.3 Å². The first-order valence-corrected chi connectivity index (χ1v) is 11.6. The zero-order chi connectivity index (χ0) is 23.7. The molecule has 1 aromatic carbocycles. The first kappa shape index (κ1) is 21.9. The van der Waals surface area contributed by atoms with Crippen LogP contribution in [0.3, 0.4) is 0 Å². The number of hydrogen-bond donors (Lipinski definition) is 2. The van der Waals surface area contributed by atoms with E-state index in [4.69, 9.17) is 4.74 Å². The van der Waals surface area contributed by atoms with Crippen LogP contribution in [-0.4, -0.2) is 44.1 Å². The molecule has 0 fully saturated rings. The molecule has 0 bridgehead atoms. The highest BCUT2D eigenvalue weighted by Gasteiger charge is 2.19. The Hall–Kier alpha value is -3.95. The number of aliphatic hydroxyl groups is 1. The minimum Gasteiger partial charge on any atom is -0.494 e. The average molecular weight is 474 g/mol. The molecule has 5 rings (SSSR count). The molecule has 4 aromatic heterocycles. The second kappa shape index (κ2) is 9.12. The Morgan fingerprint density at radius 2 is 1.94 bits per heavy atom. The van der Waals surface area contributed by atoms with Crippen LogP contribution in [0.15, 0.2) is 72.6 Å². The molecule has 0 aliphatic carbocycles. The van der Waals surface area contributed by atoms with Crippen molar-refractivity contribution in [1.29, 1.82) is 0 Å². The number of carbonyl (C=O) groups is 1. The lowest BCUT2D eigenvalue weighted by Crippen LogP contribution is -2.30. The molecule has 9 heteroatoms. The molecule has 34 heavy (non-hydrogen) atoms. The first-order valence-electron chi connectivity index (χ1n) is 10.7. The Balaban J connectivity index is 1.45. The Kier molecular flexibility index (Phi) is 5.87. The smallest absolute Gasteiger partial charge is 0.261 e. The number of carbonyl (C=O) groups excluding carboxylic acids is 1. The number of nitrogens with one attached hydrogen (secondary N) is 1. The molecule has 0 unspecified atom stereocenters. The average Bonchev–Trinajstić information content (AvgIpc) is 3.61. The van der Waals surface area contributed by atoms with Gasteiger partial charge in [-0.05, 0) is 28.6 Å². The van der Waals surface area contributed by atoms with Crippen LogP contribution in [0.4, 0.5) is 0 Å². The number of amides is 1. The van der Waals surface area contributed by atoms with Crippen molar-refractivity contribution in [3.63, 3.8) is 0 Å². The number of benzene rings is 1. The number of fused-ring (bicyclic) bond motifs is 1. The van der Waals surface area contributed by atoms with Gasteiger partial charge in [-0.15, -0.1) is 11.3 Å². The molecular weight excluding hydrogens is 450 g/mol. The molecule has 5 aromatic rings. The van der Waals surface area contributed by atoms with E-state index in [0.29, 0.717) is 10.6 Å². The van der Waals surface area contributed by atoms with Gasteiger partial charge < -0.3 is 15.2 Å². The van der Waals surface area contributed by atoms with Crippen LogP contribution in [0.2, 0.25) is 0 Å². The molecule has 1 amide bonds. The maximum atomic E-state index is 12.9. The van der Waals surface area contributed by atoms with Crippen LogP contribution in [0.5, 0.6) is 5.75 Å². The van der Waals surface area contributed by atoms with Crippen LogP contribution in [-0.2, 0) is 7.05 Å². The number of thiophene rings is 1. The maximum absolute atomic E-state index is 12.9. The summed E-state index contributed by atoms with van der Waals surface area (Å²) in [5, 5.41) is 23.4. The molecule has 0 spiro atoms. The number of nitrogens with zero attached hydrogens (tertiary/aromatic N) is 4. The van der Waals surface area contributed by atoms with Crippen molar-refractivity contribution in [2.24, 2.45) is 7.05 Å². The molecule has 8 nitrogen and oxygen atoms in total. The van der Waals surface area contributed by atoms with E-state index in [0.717, 1.165) is 33.3 Å². The highest BCUT2D eigenvalue weighted by atomic mass is 32.1. The second-order valence-electron chi connectivity index (χ2n) is 7.87. The normalized spacial score (nSPS) is 12.1. The Labute approximate surface area is 200 Å². The van der Waals surface area contributed by atoms with E-state index in [1.165, 1.54) is 11.3 Å². The summed E-state index contributed by atoms with van der Waals surface area (Å²) in [5.41, 5.74) is 5.31. The molecule has 172 valence electrons. The number of aromatic nitrogens is 4. The highest BCUT2D eigenvalue weighted by molar-refractivity contribution is 7.12. The van der Waals surface area contributed by atoms with Gasteiger partial charge in [0, 0.05) is 36.1 Å². The van der Waals surface area contributed by atoms with Crippen LogP contribution in [0.25, 0.3) is 27.8 Å². The maximum Gasteiger partial charge on any atom is 0.261 e. The van der Waals surface area contributed by atoms with Gasteiger partial charge in [-0.25, -0.2) is 4.52 Å². The van der Waals surface area contributed by atoms with E-state index in [-0.39, 0.29) is 12.5 Å². The number of aryl methyl sites for hydroxylation is 1. The van der Waals surface area contributed by atoms with Crippen molar-refractivity contribution in [2.45, 2.75) is 6.04 Å². The van der Waals surface area contributed by atoms with Crippen molar-refractivity contribution >= 4 is 22.8 Å². The number of pyridine rings is 1. The minimum atomic E-state index is -0.470. The van der Waals surface area contributed by atoms with Crippen LogP contribution < -0.4 is 10.1 Å². The molecule has 4 heterocycles. The van der Waals surface area contributed by atoms with Crippen molar-refractivity contribution < 1.29 is 14.6 Å². The number of ether oxygens (including phenoxy) is 1. The second-order valence-corrected chi connectivity index (χ2v) is 8.78. The summed E-state index contributed by atoms with van der Waals surface area (Å²) in [4.78, 5) is 13.4. The number of hydrogen-bond acceptors (Lipinski definition) is 6. The molecule has 0 saturated heterocycles. The Morgan fingerprint density at radius 3 is 2.65 bits per heavy atom. The number of methoxy groups -OCH3 is 1. The van der Waals surface area contributed by atoms with Crippen molar-refractivity contribution in [3.05, 3.63) is 83.1 Å². The summed E-state index contributed by atoms with van der Waals surface area (Å²) >= 11 is 1.35. The molecule has 1 atom stereocenters. The predicted octanol–water partition coefficient (Wildman–Crippen LogP) is 3.94. The zero-order valence-corrected chi connectivity index (χ0v) is 19.5. The van der Waals surface area contributed by atoms with Gasteiger partial charge in [0.05, 0.1) is 37.0 Å². The lowest BCUT2D eigenvalue weighted by atomic mass is 10.1. The summed E-state index contributed by atoms with van der Waals surface area (Å²) in [7, 11) is 3.50. The zero-order valence-electron chi connectivity index (χ0n) is 18.7. The quantitative estimate of drug-likeness (QED) is 0.374. The van der Waals surface area contributed by atoms with Crippen molar-refractivity contribution in [1.82, 2.24) is 24.7 Å². The molecule has 2 N–H and O–H groups in total. The fourth-order valence-electron chi connectivity index (χ4n) is 3.93. The topological polar surface area (TPSA) is 93.7 Å². The summed E-state index contributed by atoms with van der Waals surface area (Å²) < 4.78 is 9.23. The molecule has 0 radical (unpaired) electrons. The fraction of sp³-hybridized carbons (Fsp3) is 0.160. The molecular formula is C25H23N5O3S. The molecule has 0 aliphatic rings. The summed E-state index contributed by atoms with van der Waals surface area (Å²) in [6.45, 7) is -0.182. The molecule has 0 aliphatic heterocycles. The van der Waals surface area contributed by atoms with Crippen molar-refractivity contribution in [3.8, 4) is 28.0 Å². The molecule has 0 saturated carbocycles. The minimum absolute atomic E-state index is 0.182. The van der Waals surface area contributed by atoms with Gasteiger partial charge in [0.1, 0.15) is 11.3 Å². The van der Waals surface area contributed by atoms with Crippen LogP contribution >= 0.6 is 11.3 Å². The van der Waals surface area contributed by atoms with E-state index in [1.807, 2.05) is 67.3 Å². The highest BCUT2D eigenvalue weighted by Crippen LogP contribution is 2.36. The number of rotatable bonds is 7. The van der Waals surface area contributed by atoms with Gasteiger partial charge in [-0.3, -0.25) is 9.48 Å². The number of aliphatic hydroxyl groups excluding tert-OH is 1. The standard InChI is InChI=1S/C25H23N5O3S/c1-29-12-19(10-26-29)17-8-22(33-2)24-20(11-27-30(24)13-17)18-9-23(34-15-18)25(32)28-21(14-31)16-6-4-3-5-7-16/h3-13,15,21,31H,14H2,1-2H3,(H,28,32)/t21-/m1/s1. The van der Waals surface area contributed by atoms with E-state index in [1.54, 1.807) is 28.7 Å². The fourth-order valence-corrected chi connectivity index (χ4v) is 4.73. The van der Waals surface area contributed by atoms with Gasteiger partial charge in [0.15, 0.2) is 0 Å². The largest absolute Gasteiger partial charge is 0.494 e. The third-order valence-corrected chi connectivity index (χ3v) is 6.59. The van der Waals surface area contributed by atoms with Crippen molar-refractivity contribution in [2.75, 3.05) is 13.7 Å². The van der Waals surface area contributed by atoms with E-state index < -0.39 is 6.04 Å². The van der Waals surface area contributed by atoms with E-state index in [9.17, 15) is 9.90 Å². The SMILES string of the molecule is COc1cc(-c2cnn(C)c2)cn2ncc(-c3csc(C(=O)N[C@H](CO)c4ccccc4)c3)c12. The van der Waals surface area contributed by atoms with Gasteiger partial charge in [-0.2, -0.15) is 10.2 Å². The van der Waals surface area contributed by atoms with Gasteiger partial charge >= 0.3 is 0 Å². The third kappa shape index (κ3) is 4.07. The summed E-state index contributed by atoms with van der Waals surface area (Å²) in [6, 6.07) is 12.8. The predicted molar refractivity (Wildman–Crippen MR) is 131 cm³/mol. The van der Waals surface area contributed by atoms with Gasteiger partial charge in [0.25, 0.3) is 5.91 Å². The Morgan fingerprint density at radius 1 is 1.12 bits per heavy atom. The summed E-state index contributed by atoms with van der Waals surface area (Å²) in [5.74, 6) is 0.442. The first-order chi connectivity index (χ1) is 16.6. The van der Waals surface area contributed by atoms with E-state index in [2.05, 4.69) is 15.5 Å². The lowest BCUT2D eigenvalue weighted by molar-refractivity contribution is 0.0920. The Bertz CT molecular complexity index is 1450. The third-order valence-electron chi connectivity index (χ3n) is 5.66. The lowest BCUT2D eigenvalue weighted by Gasteiger charge is -2.16. The van der Waals surface area contributed by atoms with E-state index >= 15 is 0 Å². The monoisotopic (exact) mass is 473 g/mol. The van der Waals surface area contributed by atoms with Gasteiger partial charge in [-0.1, -0.05) is 30.3 Å². The summed E-state index contributed by atoms with van der Waals surface area (Å²) in [6.07, 6.45) is 7.44. The van der Waals surface area contributed by atoms with Gasteiger partial charge in [0.2, 0.25) is 0 Å².